The first kappa shape index (κ1) is 19.4. The third-order valence-corrected chi connectivity index (χ3v) is 5.25. The van der Waals surface area contributed by atoms with E-state index in [-0.39, 0.29) is 15.8 Å². The Kier molecular flexibility index (Phi) is 6.15. The molecule has 0 bridgehead atoms. The number of rotatable bonds is 5. The quantitative estimate of drug-likeness (QED) is 0.580. The van der Waals surface area contributed by atoms with E-state index >= 15 is 0 Å². The minimum atomic E-state index is -0.501. The molecule has 0 atom stereocenters. The highest BCUT2D eigenvalue weighted by Crippen LogP contribution is 2.32. The van der Waals surface area contributed by atoms with E-state index in [1.54, 1.807) is 30.3 Å². The standard InChI is InChI=1S/C19H15ClN2O3S2/c1-2-25-13-9-7-12(8-10-13)11-16-18(24)22(19(26)27-16)21-17(23)14-5-3-4-6-15(14)20/h3-11H,2H2,1H3,(H,21,23)/b16-11+. The van der Waals surface area contributed by atoms with Gasteiger partial charge in [-0.25, -0.2) is 0 Å². The summed E-state index contributed by atoms with van der Waals surface area (Å²) in [6.07, 6.45) is 1.72. The first-order valence-corrected chi connectivity index (χ1v) is 9.66. The molecule has 0 unspecified atom stereocenters. The summed E-state index contributed by atoms with van der Waals surface area (Å²) >= 11 is 12.4. The summed E-state index contributed by atoms with van der Waals surface area (Å²) in [6.45, 7) is 2.50. The van der Waals surface area contributed by atoms with Gasteiger partial charge in [0.1, 0.15) is 5.75 Å². The van der Waals surface area contributed by atoms with Crippen LogP contribution in [0.5, 0.6) is 5.75 Å². The van der Waals surface area contributed by atoms with Gasteiger partial charge in [0.15, 0.2) is 4.32 Å². The minimum Gasteiger partial charge on any atom is -0.494 e. The second kappa shape index (κ2) is 8.56. The van der Waals surface area contributed by atoms with Crippen molar-refractivity contribution in [3.8, 4) is 5.75 Å². The fourth-order valence-electron chi connectivity index (χ4n) is 2.35. The molecule has 0 spiro atoms. The lowest BCUT2D eigenvalue weighted by atomic mass is 10.2. The van der Waals surface area contributed by atoms with Crippen molar-refractivity contribution in [2.75, 3.05) is 6.61 Å². The van der Waals surface area contributed by atoms with Crippen LogP contribution in [0.1, 0.15) is 22.8 Å². The van der Waals surface area contributed by atoms with Crippen LogP contribution in [0.15, 0.2) is 53.4 Å². The first-order valence-electron chi connectivity index (χ1n) is 8.06. The molecule has 2 amide bonds. The number of ether oxygens (including phenoxy) is 1. The van der Waals surface area contributed by atoms with Crippen molar-refractivity contribution < 1.29 is 14.3 Å². The van der Waals surface area contributed by atoms with Crippen LogP contribution >= 0.6 is 35.6 Å². The van der Waals surface area contributed by atoms with E-state index in [4.69, 9.17) is 28.6 Å². The van der Waals surface area contributed by atoms with E-state index in [9.17, 15) is 9.59 Å². The van der Waals surface area contributed by atoms with E-state index < -0.39 is 5.91 Å². The van der Waals surface area contributed by atoms with Crippen LogP contribution in [0.3, 0.4) is 0 Å². The molecule has 3 rings (SSSR count). The molecule has 1 saturated heterocycles. The number of hydrogen-bond acceptors (Lipinski definition) is 5. The summed E-state index contributed by atoms with van der Waals surface area (Å²) in [7, 11) is 0. The fraction of sp³-hybridized carbons (Fsp3) is 0.105. The minimum absolute atomic E-state index is 0.248. The van der Waals surface area contributed by atoms with E-state index in [1.807, 2.05) is 31.2 Å². The van der Waals surface area contributed by atoms with Crippen LogP contribution in [0, 0.1) is 0 Å². The van der Waals surface area contributed by atoms with E-state index in [1.165, 1.54) is 0 Å². The molecule has 8 heteroatoms. The average molecular weight is 419 g/mol. The number of carbonyl (C=O) groups is 2. The monoisotopic (exact) mass is 418 g/mol. The maximum atomic E-state index is 12.6. The Labute approximate surface area is 171 Å². The molecule has 0 saturated carbocycles. The van der Waals surface area contributed by atoms with Crippen molar-refractivity contribution in [3.05, 3.63) is 69.6 Å². The number of hydrogen-bond donors (Lipinski definition) is 1. The molecule has 5 nitrogen and oxygen atoms in total. The topological polar surface area (TPSA) is 58.6 Å². The molecular formula is C19H15ClN2O3S2. The zero-order valence-electron chi connectivity index (χ0n) is 14.3. The Bertz CT molecular complexity index is 929. The van der Waals surface area contributed by atoms with Crippen LogP contribution in [0.4, 0.5) is 0 Å². The van der Waals surface area contributed by atoms with Crippen LogP contribution in [0.25, 0.3) is 6.08 Å². The zero-order valence-corrected chi connectivity index (χ0v) is 16.7. The number of hydrazine groups is 1. The highest BCUT2D eigenvalue weighted by atomic mass is 35.5. The molecule has 0 aliphatic carbocycles. The molecule has 1 heterocycles. The molecule has 138 valence electrons. The average Bonchev–Trinajstić information content (AvgIpc) is 2.91. The maximum absolute atomic E-state index is 12.6. The van der Waals surface area contributed by atoms with Crippen LogP contribution in [-0.4, -0.2) is 27.8 Å². The second-order valence-electron chi connectivity index (χ2n) is 5.44. The third-order valence-electron chi connectivity index (χ3n) is 3.61. The number of halogens is 1. The van der Waals surface area contributed by atoms with Crippen molar-refractivity contribution in [2.45, 2.75) is 6.92 Å². The van der Waals surface area contributed by atoms with Crippen LogP contribution < -0.4 is 10.2 Å². The number of nitrogens with one attached hydrogen (secondary N) is 1. The fourth-order valence-corrected chi connectivity index (χ4v) is 3.75. The molecule has 2 aromatic carbocycles. The van der Waals surface area contributed by atoms with Crippen LogP contribution in [-0.2, 0) is 4.79 Å². The number of benzene rings is 2. The maximum Gasteiger partial charge on any atom is 0.285 e. The number of thiocarbonyl (C=S) groups is 1. The Morgan fingerprint density at radius 1 is 1.26 bits per heavy atom. The van der Waals surface area contributed by atoms with Gasteiger partial charge in [-0.15, -0.1) is 0 Å². The lowest BCUT2D eigenvalue weighted by Crippen LogP contribution is -2.44. The molecule has 1 aliphatic rings. The van der Waals surface area contributed by atoms with Gasteiger partial charge in [-0.05, 0) is 55.0 Å². The summed E-state index contributed by atoms with van der Waals surface area (Å²) < 4.78 is 5.65. The van der Waals surface area contributed by atoms with Crippen molar-refractivity contribution in [2.24, 2.45) is 0 Å². The van der Waals surface area contributed by atoms with Gasteiger partial charge in [0.25, 0.3) is 11.8 Å². The smallest absolute Gasteiger partial charge is 0.285 e. The molecule has 0 radical (unpaired) electrons. The third kappa shape index (κ3) is 4.50. The molecule has 1 N–H and O–H groups in total. The van der Waals surface area contributed by atoms with Crippen molar-refractivity contribution >= 4 is 57.8 Å². The van der Waals surface area contributed by atoms with Gasteiger partial charge in [-0.1, -0.05) is 47.6 Å². The van der Waals surface area contributed by atoms with Gasteiger partial charge >= 0.3 is 0 Å². The van der Waals surface area contributed by atoms with Gasteiger partial charge in [0, 0.05) is 0 Å². The number of thioether (sulfide) groups is 1. The highest BCUT2D eigenvalue weighted by molar-refractivity contribution is 8.26. The highest BCUT2D eigenvalue weighted by Gasteiger charge is 2.34. The van der Waals surface area contributed by atoms with Gasteiger partial charge in [0.2, 0.25) is 0 Å². The summed E-state index contributed by atoms with van der Waals surface area (Å²) in [5.74, 6) is -0.132. The molecule has 0 aromatic heterocycles. The van der Waals surface area contributed by atoms with E-state index in [2.05, 4.69) is 5.43 Å². The molecule has 27 heavy (non-hydrogen) atoms. The van der Waals surface area contributed by atoms with Crippen LogP contribution in [0.2, 0.25) is 5.02 Å². The zero-order chi connectivity index (χ0) is 19.4. The van der Waals surface area contributed by atoms with Gasteiger partial charge < -0.3 is 4.74 Å². The normalized spacial score (nSPS) is 15.3. The van der Waals surface area contributed by atoms with Gasteiger partial charge in [-0.2, -0.15) is 5.01 Å². The summed E-state index contributed by atoms with van der Waals surface area (Å²) in [6, 6.07) is 13.9. The molecule has 1 aliphatic heterocycles. The SMILES string of the molecule is CCOc1ccc(/C=C2/SC(=S)N(NC(=O)c3ccccc3Cl)C2=O)cc1. The Morgan fingerprint density at radius 3 is 2.63 bits per heavy atom. The lowest BCUT2D eigenvalue weighted by Gasteiger charge is -2.16. The largest absolute Gasteiger partial charge is 0.494 e. The Hall–Kier alpha value is -2.35. The number of carbonyl (C=O) groups excluding carboxylic acids is 2. The van der Waals surface area contributed by atoms with Gasteiger partial charge in [0.05, 0.1) is 22.1 Å². The Morgan fingerprint density at radius 2 is 1.96 bits per heavy atom. The van der Waals surface area contributed by atoms with Crippen molar-refractivity contribution in [1.82, 2.24) is 10.4 Å². The second-order valence-corrected chi connectivity index (χ2v) is 7.52. The predicted molar refractivity (Wildman–Crippen MR) is 112 cm³/mol. The summed E-state index contributed by atoms with van der Waals surface area (Å²) in [5, 5.41) is 1.36. The molecular weight excluding hydrogens is 404 g/mol. The molecule has 2 aromatic rings. The van der Waals surface area contributed by atoms with Gasteiger partial charge in [-0.3, -0.25) is 15.0 Å². The Balaban J connectivity index is 1.74. The number of amides is 2. The van der Waals surface area contributed by atoms with E-state index in [0.717, 1.165) is 28.1 Å². The predicted octanol–water partition coefficient (Wildman–Crippen LogP) is 4.28. The molecule has 1 fully saturated rings. The van der Waals surface area contributed by atoms with Crippen molar-refractivity contribution in [1.29, 1.82) is 0 Å². The first-order chi connectivity index (χ1) is 13.0. The van der Waals surface area contributed by atoms with Crippen molar-refractivity contribution in [3.63, 3.8) is 0 Å². The summed E-state index contributed by atoms with van der Waals surface area (Å²) in [5.41, 5.74) is 3.61. The number of nitrogens with zero attached hydrogens (tertiary/aromatic N) is 1. The summed E-state index contributed by atoms with van der Waals surface area (Å²) in [4.78, 5) is 25.4. The lowest BCUT2D eigenvalue weighted by molar-refractivity contribution is -0.123. The van der Waals surface area contributed by atoms with E-state index in [0.29, 0.717) is 16.5 Å².